The van der Waals surface area contributed by atoms with Crippen molar-refractivity contribution in [2.45, 2.75) is 11.5 Å². The molecule has 0 unspecified atom stereocenters. The van der Waals surface area contributed by atoms with Gasteiger partial charge >= 0.3 is 0 Å². The third-order valence-corrected chi connectivity index (χ3v) is 2.88. The number of alkyl halides is 2. The van der Waals surface area contributed by atoms with Crippen LogP contribution in [-0.2, 0) is 10.0 Å². The number of rotatable bonds is 3. The van der Waals surface area contributed by atoms with Gasteiger partial charge < -0.3 is 0 Å². The van der Waals surface area contributed by atoms with Crippen LogP contribution in [0.5, 0.6) is 0 Å². The van der Waals surface area contributed by atoms with Crippen molar-refractivity contribution in [1.29, 1.82) is 0 Å². The number of aromatic nitrogens is 1. The molecule has 0 aliphatic rings. The molecule has 11 heteroatoms. The summed E-state index contributed by atoms with van der Waals surface area (Å²) in [6.45, 7) is 0. The highest BCUT2D eigenvalue weighted by molar-refractivity contribution is 7.89. The van der Waals surface area contributed by atoms with E-state index in [9.17, 15) is 27.3 Å². The Kier molecular flexibility index (Phi) is 3.59. The molecular weight excluding hydrogens is 284 g/mol. The fourth-order valence-electron chi connectivity index (χ4n) is 0.982. The summed E-state index contributed by atoms with van der Waals surface area (Å²) in [5.74, 6) is 0. The molecule has 1 rings (SSSR count). The zero-order chi connectivity index (χ0) is 13.4. The highest BCUT2D eigenvalue weighted by Crippen LogP contribution is 2.32. The molecule has 0 aliphatic heterocycles. The molecule has 0 fully saturated rings. The zero-order valence-corrected chi connectivity index (χ0v) is 9.37. The molecule has 0 saturated heterocycles. The van der Waals surface area contributed by atoms with Crippen LogP contribution in [0.25, 0.3) is 0 Å². The van der Waals surface area contributed by atoms with E-state index in [4.69, 9.17) is 11.6 Å². The third kappa shape index (κ3) is 2.84. The standard InChI is InChI=1S/C6H4ClF2N3O4S/c7-2-1-3(12(13)14)4(5(8)9)11-6(2)17(10,15)16/h1,5H,(H2,10,15,16). The molecule has 0 amide bonds. The third-order valence-electron chi connectivity index (χ3n) is 1.63. The average molecular weight is 288 g/mol. The van der Waals surface area contributed by atoms with Gasteiger partial charge in [0.15, 0.2) is 10.7 Å². The lowest BCUT2D eigenvalue weighted by Crippen LogP contribution is -2.16. The number of sulfonamides is 1. The second-order valence-electron chi connectivity index (χ2n) is 2.78. The van der Waals surface area contributed by atoms with E-state index >= 15 is 0 Å². The van der Waals surface area contributed by atoms with Crippen molar-refractivity contribution in [3.05, 3.63) is 26.9 Å². The van der Waals surface area contributed by atoms with Crippen LogP contribution >= 0.6 is 11.6 Å². The molecular formula is C6H4ClF2N3O4S. The summed E-state index contributed by atoms with van der Waals surface area (Å²) >= 11 is 5.36. The number of nitro groups is 1. The topological polar surface area (TPSA) is 116 Å². The lowest BCUT2D eigenvalue weighted by Gasteiger charge is -2.05. The van der Waals surface area contributed by atoms with Gasteiger partial charge in [-0.2, -0.15) is 0 Å². The van der Waals surface area contributed by atoms with Gasteiger partial charge in [-0.1, -0.05) is 11.6 Å². The Morgan fingerprint density at radius 1 is 1.53 bits per heavy atom. The molecule has 0 bridgehead atoms. The molecule has 1 heterocycles. The summed E-state index contributed by atoms with van der Waals surface area (Å²) in [6, 6.07) is 0.468. The van der Waals surface area contributed by atoms with Crippen LogP contribution in [0.3, 0.4) is 0 Å². The van der Waals surface area contributed by atoms with Gasteiger partial charge in [-0.15, -0.1) is 0 Å². The van der Waals surface area contributed by atoms with E-state index in [1.165, 1.54) is 0 Å². The van der Waals surface area contributed by atoms with Gasteiger partial charge in [-0.3, -0.25) is 10.1 Å². The van der Waals surface area contributed by atoms with Gasteiger partial charge in [0.25, 0.3) is 22.1 Å². The van der Waals surface area contributed by atoms with E-state index < -0.39 is 42.8 Å². The first kappa shape index (κ1) is 13.7. The van der Waals surface area contributed by atoms with Crippen LogP contribution in [-0.4, -0.2) is 18.3 Å². The number of halogens is 3. The molecule has 0 saturated carbocycles. The van der Waals surface area contributed by atoms with Crippen LogP contribution in [0.2, 0.25) is 5.02 Å². The van der Waals surface area contributed by atoms with Crippen LogP contribution < -0.4 is 5.14 Å². The lowest BCUT2D eigenvalue weighted by atomic mass is 10.3. The van der Waals surface area contributed by atoms with Crippen molar-refractivity contribution in [3.63, 3.8) is 0 Å². The van der Waals surface area contributed by atoms with Crippen LogP contribution in [0.4, 0.5) is 14.5 Å². The van der Waals surface area contributed by atoms with Crippen molar-refractivity contribution < 1.29 is 22.1 Å². The van der Waals surface area contributed by atoms with E-state index in [-0.39, 0.29) is 0 Å². The normalized spacial score (nSPS) is 11.8. The number of pyridine rings is 1. The van der Waals surface area contributed by atoms with Gasteiger partial charge in [0, 0.05) is 6.07 Å². The van der Waals surface area contributed by atoms with E-state index in [0.29, 0.717) is 6.07 Å². The Balaban J connectivity index is 3.63. The largest absolute Gasteiger partial charge is 0.298 e. The smallest absolute Gasteiger partial charge is 0.258 e. The second kappa shape index (κ2) is 4.47. The van der Waals surface area contributed by atoms with Crippen molar-refractivity contribution in [3.8, 4) is 0 Å². The van der Waals surface area contributed by atoms with E-state index in [2.05, 4.69) is 10.1 Å². The molecule has 94 valence electrons. The second-order valence-corrected chi connectivity index (χ2v) is 4.67. The first-order valence-corrected chi connectivity index (χ1v) is 5.72. The number of nitrogens with zero attached hydrogens (tertiary/aromatic N) is 2. The summed E-state index contributed by atoms with van der Waals surface area (Å²) in [6.07, 6.45) is -3.33. The summed E-state index contributed by atoms with van der Waals surface area (Å²) in [5.41, 5.74) is -2.37. The molecule has 2 N–H and O–H groups in total. The van der Waals surface area contributed by atoms with Gasteiger partial charge in [-0.05, 0) is 0 Å². The minimum absolute atomic E-state index is 0.468. The number of primary sulfonamides is 1. The molecule has 0 aliphatic carbocycles. The molecule has 0 atom stereocenters. The van der Waals surface area contributed by atoms with Crippen molar-refractivity contribution in [2.75, 3.05) is 0 Å². The number of hydrogen-bond donors (Lipinski definition) is 1. The number of nitrogens with two attached hydrogens (primary N) is 1. The Labute approximate surface area is 98.4 Å². The van der Waals surface area contributed by atoms with E-state index in [1.807, 2.05) is 0 Å². The minimum atomic E-state index is -4.43. The summed E-state index contributed by atoms with van der Waals surface area (Å²) in [4.78, 5) is 12.2. The Morgan fingerprint density at radius 3 is 2.41 bits per heavy atom. The molecule has 0 radical (unpaired) electrons. The van der Waals surface area contributed by atoms with E-state index in [0.717, 1.165) is 0 Å². The summed E-state index contributed by atoms with van der Waals surface area (Å²) in [5, 5.41) is 13.4. The van der Waals surface area contributed by atoms with Crippen molar-refractivity contribution in [1.82, 2.24) is 4.98 Å². The van der Waals surface area contributed by atoms with Crippen molar-refractivity contribution >= 4 is 27.3 Å². The minimum Gasteiger partial charge on any atom is -0.258 e. The molecule has 1 aromatic heterocycles. The average Bonchev–Trinajstić information content (AvgIpc) is 2.14. The monoisotopic (exact) mass is 287 g/mol. The molecule has 7 nitrogen and oxygen atoms in total. The fraction of sp³-hybridized carbons (Fsp3) is 0.167. The first-order chi connectivity index (χ1) is 7.64. The maximum atomic E-state index is 12.4. The fourth-order valence-corrected chi connectivity index (χ4v) is 2.01. The zero-order valence-electron chi connectivity index (χ0n) is 7.80. The first-order valence-electron chi connectivity index (χ1n) is 3.80. The molecule has 0 spiro atoms. The van der Waals surface area contributed by atoms with Gasteiger partial charge in [0.05, 0.1) is 9.95 Å². The lowest BCUT2D eigenvalue weighted by molar-refractivity contribution is -0.386. The van der Waals surface area contributed by atoms with Crippen LogP contribution in [0.1, 0.15) is 12.1 Å². The summed E-state index contributed by atoms with van der Waals surface area (Å²) < 4.78 is 46.7. The predicted octanol–water partition coefficient (Wildman–Crippen LogP) is 1.23. The highest BCUT2D eigenvalue weighted by atomic mass is 35.5. The maximum absolute atomic E-state index is 12.4. The number of hydrogen-bond acceptors (Lipinski definition) is 5. The quantitative estimate of drug-likeness (QED) is 0.663. The summed E-state index contributed by atoms with van der Waals surface area (Å²) in [7, 11) is -4.43. The SMILES string of the molecule is NS(=O)(=O)c1nc(C(F)F)c([N+](=O)[O-])cc1Cl. The molecule has 1 aromatic rings. The van der Waals surface area contributed by atoms with Crippen LogP contribution in [0, 0.1) is 10.1 Å². The molecule has 0 aromatic carbocycles. The van der Waals surface area contributed by atoms with Crippen LogP contribution in [0.15, 0.2) is 11.1 Å². The van der Waals surface area contributed by atoms with E-state index in [1.54, 1.807) is 0 Å². The van der Waals surface area contributed by atoms with Crippen molar-refractivity contribution in [2.24, 2.45) is 5.14 Å². The Hall–Kier alpha value is -1.39. The van der Waals surface area contributed by atoms with Gasteiger partial charge in [0.2, 0.25) is 0 Å². The Morgan fingerprint density at radius 2 is 2.06 bits per heavy atom. The maximum Gasteiger partial charge on any atom is 0.298 e. The predicted molar refractivity (Wildman–Crippen MR) is 52.2 cm³/mol. The van der Waals surface area contributed by atoms with Gasteiger partial charge in [0.1, 0.15) is 0 Å². The highest BCUT2D eigenvalue weighted by Gasteiger charge is 2.29. The van der Waals surface area contributed by atoms with Gasteiger partial charge in [-0.25, -0.2) is 27.3 Å². The molecule has 17 heavy (non-hydrogen) atoms. The Bertz CT molecular complexity index is 577.